The van der Waals surface area contributed by atoms with Crippen LogP contribution in [-0.2, 0) is 24.8 Å². The molecule has 168 valence electrons. The van der Waals surface area contributed by atoms with Crippen molar-refractivity contribution in [3.05, 3.63) is 54.1 Å². The van der Waals surface area contributed by atoms with E-state index in [1.807, 2.05) is 6.92 Å². The molecule has 8 nitrogen and oxygen atoms in total. The van der Waals surface area contributed by atoms with Crippen LogP contribution in [0.2, 0.25) is 0 Å². The van der Waals surface area contributed by atoms with E-state index in [0.29, 0.717) is 24.5 Å². The molecule has 0 bridgehead atoms. The van der Waals surface area contributed by atoms with Crippen LogP contribution in [0.25, 0.3) is 0 Å². The predicted molar refractivity (Wildman–Crippen MR) is 121 cm³/mol. The first-order chi connectivity index (χ1) is 14.5. The van der Waals surface area contributed by atoms with E-state index < -0.39 is 32.0 Å². The molecular formula is C21H27N3O5S2. The molecule has 1 heterocycles. The zero-order valence-electron chi connectivity index (χ0n) is 17.8. The van der Waals surface area contributed by atoms with Crippen LogP contribution in [0, 0.1) is 6.92 Å². The summed E-state index contributed by atoms with van der Waals surface area (Å²) in [6.45, 7) is 4.41. The minimum absolute atomic E-state index is 0.165. The molecule has 1 N–H and O–H groups in total. The summed E-state index contributed by atoms with van der Waals surface area (Å²) >= 11 is 0. The number of sulfonamides is 2. The average Bonchev–Trinajstić information content (AvgIpc) is 3.25. The molecule has 1 fully saturated rings. The lowest BCUT2D eigenvalue weighted by molar-refractivity contribution is -0.116. The van der Waals surface area contributed by atoms with Gasteiger partial charge in [0.1, 0.15) is 6.04 Å². The van der Waals surface area contributed by atoms with E-state index in [-0.39, 0.29) is 4.90 Å². The van der Waals surface area contributed by atoms with E-state index in [4.69, 9.17) is 0 Å². The van der Waals surface area contributed by atoms with Crippen molar-refractivity contribution in [2.45, 2.75) is 37.6 Å². The molecule has 10 heteroatoms. The molecule has 1 saturated heterocycles. The van der Waals surface area contributed by atoms with E-state index in [0.717, 1.165) is 29.0 Å². The lowest BCUT2D eigenvalue weighted by atomic mass is 10.2. The van der Waals surface area contributed by atoms with Gasteiger partial charge in [-0.05, 0) is 63.1 Å². The van der Waals surface area contributed by atoms with Crippen molar-refractivity contribution in [2.24, 2.45) is 0 Å². The molecule has 1 atom stereocenters. The first kappa shape index (κ1) is 23.2. The van der Waals surface area contributed by atoms with Crippen LogP contribution in [0.4, 0.5) is 11.4 Å². The molecular weight excluding hydrogens is 438 g/mol. The fourth-order valence-electron chi connectivity index (χ4n) is 3.53. The summed E-state index contributed by atoms with van der Waals surface area (Å²) in [4.78, 5) is 13.0. The van der Waals surface area contributed by atoms with Gasteiger partial charge in [0.15, 0.2) is 0 Å². The van der Waals surface area contributed by atoms with Crippen molar-refractivity contribution in [2.75, 3.05) is 29.0 Å². The lowest BCUT2D eigenvalue weighted by Gasteiger charge is -2.28. The van der Waals surface area contributed by atoms with Gasteiger partial charge in [-0.3, -0.25) is 9.10 Å². The number of benzene rings is 2. The van der Waals surface area contributed by atoms with Crippen LogP contribution in [0.1, 0.15) is 25.3 Å². The smallest absolute Gasteiger partial charge is 0.247 e. The maximum absolute atomic E-state index is 12.8. The van der Waals surface area contributed by atoms with Gasteiger partial charge < -0.3 is 5.32 Å². The molecule has 2 aromatic carbocycles. The number of anilines is 2. The maximum atomic E-state index is 12.8. The Morgan fingerprint density at radius 3 is 2.03 bits per heavy atom. The summed E-state index contributed by atoms with van der Waals surface area (Å²) in [6.07, 6.45) is 2.75. The van der Waals surface area contributed by atoms with Crippen molar-refractivity contribution in [1.82, 2.24) is 4.31 Å². The number of amides is 1. The van der Waals surface area contributed by atoms with Crippen LogP contribution in [0.3, 0.4) is 0 Å². The molecule has 0 aromatic heterocycles. The molecule has 1 aliphatic heterocycles. The molecule has 1 amide bonds. The summed E-state index contributed by atoms with van der Waals surface area (Å²) in [5, 5.41) is 2.67. The monoisotopic (exact) mass is 465 g/mol. The third kappa shape index (κ3) is 5.25. The summed E-state index contributed by atoms with van der Waals surface area (Å²) in [6, 6.07) is 11.7. The fourth-order valence-corrected chi connectivity index (χ4v) is 6.23. The van der Waals surface area contributed by atoms with Gasteiger partial charge in [-0.1, -0.05) is 17.7 Å². The summed E-state index contributed by atoms with van der Waals surface area (Å²) in [5.41, 5.74) is 1.75. The Bertz CT molecular complexity index is 1140. The zero-order chi connectivity index (χ0) is 22.8. The predicted octanol–water partition coefficient (Wildman–Crippen LogP) is 2.57. The van der Waals surface area contributed by atoms with Gasteiger partial charge in [-0.25, -0.2) is 16.8 Å². The van der Waals surface area contributed by atoms with E-state index in [2.05, 4.69) is 5.32 Å². The second-order valence-electron chi connectivity index (χ2n) is 7.70. The molecule has 1 aliphatic rings. The third-order valence-corrected chi connectivity index (χ3v) is 8.36. The number of carbonyl (C=O) groups is 1. The number of nitrogens with one attached hydrogen (secondary N) is 1. The summed E-state index contributed by atoms with van der Waals surface area (Å²) in [5.74, 6) is -0.527. The summed E-state index contributed by atoms with van der Waals surface area (Å²) in [7, 11) is -7.25. The van der Waals surface area contributed by atoms with E-state index >= 15 is 0 Å². The Morgan fingerprint density at radius 1 is 0.968 bits per heavy atom. The van der Waals surface area contributed by atoms with Crippen LogP contribution >= 0.6 is 0 Å². The van der Waals surface area contributed by atoms with Gasteiger partial charge in [0.05, 0.1) is 16.8 Å². The van der Waals surface area contributed by atoms with Crippen LogP contribution in [0.5, 0.6) is 0 Å². The standard InChI is InChI=1S/C21H27N3O5S2/c1-16-6-10-19(11-7-16)24(30(3,26)27)17(2)21(25)22-18-8-12-20(13-9-18)31(28,29)23-14-4-5-15-23/h6-13,17H,4-5,14-15H2,1-3H3,(H,22,25)/t17-/m0/s1. The van der Waals surface area contributed by atoms with Crippen LogP contribution in [0.15, 0.2) is 53.4 Å². The Labute approximate surface area is 184 Å². The molecule has 3 rings (SSSR count). The third-order valence-electron chi connectivity index (χ3n) is 5.20. The molecule has 0 aliphatic carbocycles. The van der Waals surface area contributed by atoms with Gasteiger partial charge in [0, 0.05) is 18.8 Å². The van der Waals surface area contributed by atoms with Gasteiger partial charge in [-0.15, -0.1) is 0 Å². The number of aryl methyl sites for hydroxylation is 1. The van der Waals surface area contributed by atoms with Crippen molar-refractivity contribution in [3.63, 3.8) is 0 Å². The fraction of sp³-hybridized carbons (Fsp3) is 0.381. The topological polar surface area (TPSA) is 104 Å². The molecule has 0 radical (unpaired) electrons. The van der Waals surface area contributed by atoms with Gasteiger partial charge >= 0.3 is 0 Å². The zero-order valence-corrected chi connectivity index (χ0v) is 19.4. The normalized spacial score (nSPS) is 16.1. The highest BCUT2D eigenvalue weighted by atomic mass is 32.2. The van der Waals surface area contributed by atoms with Crippen LogP contribution < -0.4 is 9.62 Å². The van der Waals surface area contributed by atoms with Gasteiger partial charge in [0.2, 0.25) is 26.0 Å². The quantitative estimate of drug-likeness (QED) is 0.677. The number of rotatable bonds is 7. The van der Waals surface area contributed by atoms with Crippen molar-refractivity contribution < 1.29 is 21.6 Å². The number of nitrogens with zero attached hydrogens (tertiary/aromatic N) is 2. The largest absolute Gasteiger partial charge is 0.324 e. The SMILES string of the molecule is Cc1ccc(N([C@@H](C)C(=O)Nc2ccc(S(=O)(=O)N3CCCC3)cc2)S(C)(=O)=O)cc1. The minimum Gasteiger partial charge on any atom is -0.324 e. The van der Waals surface area contributed by atoms with E-state index in [9.17, 15) is 21.6 Å². The Hall–Kier alpha value is -2.43. The molecule has 2 aromatic rings. The van der Waals surface area contributed by atoms with Gasteiger partial charge in [0.25, 0.3) is 0 Å². The highest BCUT2D eigenvalue weighted by Gasteiger charge is 2.30. The first-order valence-corrected chi connectivity index (χ1v) is 13.3. The van der Waals surface area contributed by atoms with Crippen molar-refractivity contribution in [1.29, 1.82) is 0 Å². The molecule has 0 spiro atoms. The number of hydrogen-bond donors (Lipinski definition) is 1. The highest BCUT2D eigenvalue weighted by Crippen LogP contribution is 2.24. The minimum atomic E-state index is -3.72. The van der Waals surface area contributed by atoms with Gasteiger partial charge in [-0.2, -0.15) is 4.31 Å². The first-order valence-electron chi connectivity index (χ1n) is 9.97. The molecule has 0 unspecified atom stereocenters. The second-order valence-corrected chi connectivity index (χ2v) is 11.5. The number of hydrogen-bond acceptors (Lipinski definition) is 5. The summed E-state index contributed by atoms with van der Waals surface area (Å²) < 4.78 is 52.5. The highest BCUT2D eigenvalue weighted by molar-refractivity contribution is 7.92. The molecule has 31 heavy (non-hydrogen) atoms. The average molecular weight is 466 g/mol. The maximum Gasteiger partial charge on any atom is 0.247 e. The van der Waals surface area contributed by atoms with E-state index in [1.54, 1.807) is 24.3 Å². The van der Waals surface area contributed by atoms with Crippen molar-refractivity contribution in [3.8, 4) is 0 Å². The Balaban J connectivity index is 1.77. The Morgan fingerprint density at radius 2 is 1.52 bits per heavy atom. The van der Waals surface area contributed by atoms with Crippen molar-refractivity contribution >= 4 is 37.3 Å². The second kappa shape index (κ2) is 8.97. The molecule has 0 saturated carbocycles. The van der Waals surface area contributed by atoms with Crippen LogP contribution in [-0.4, -0.2) is 52.4 Å². The number of carbonyl (C=O) groups excluding carboxylic acids is 1. The Kier molecular flexibility index (Phi) is 6.73. The lowest BCUT2D eigenvalue weighted by Crippen LogP contribution is -2.45. The van der Waals surface area contributed by atoms with E-state index in [1.165, 1.54) is 35.5 Å².